The third kappa shape index (κ3) is 2.91. The van der Waals surface area contributed by atoms with Crippen LogP contribution in [0.5, 0.6) is 0 Å². The summed E-state index contributed by atoms with van der Waals surface area (Å²) in [4.78, 5) is 0.231. The molecule has 0 radical (unpaired) electrons. The number of nitrogens with two attached hydrogens (primary N) is 1. The van der Waals surface area contributed by atoms with Crippen molar-refractivity contribution in [1.29, 1.82) is 0 Å². The Hall–Kier alpha value is -1.68. The van der Waals surface area contributed by atoms with Gasteiger partial charge < -0.3 is 5.73 Å². The highest BCUT2D eigenvalue weighted by atomic mass is 32.2. The molecule has 0 heterocycles. The first-order chi connectivity index (χ1) is 8.16. The maximum absolute atomic E-state index is 13.4. The van der Waals surface area contributed by atoms with E-state index < -0.39 is 16.6 Å². The minimum absolute atomic E-state index is 0.231. The van der Waals surface area contributed by atoms with Crippen molar-refractivity contribution >= 4 is 16.5 Å². The Morgan fingerprint density at radius 2 is 1.88 bits per heavy atom. The molecule has 2 N–H and O–H groups in total. The second kappa shape index (κ2) is 5.10. The van der Waals surface area contributed by atoms with Gasteiger partial charge in [0.2, 0.25) is 0 Å². The zero-order chi connectivity index (χ0) is 12.3. The Balaban J connectivity index is 2.20. The number of nitrogen functional groups attached to an aromatic ring is 1. The molecule has 0 fully saturated rings. The average Bonchev–Trinajstić information content (AvgIpc) is 2.29. The largest absolute Gasteiger partial charge is 0.399 e. The predicted molar refractivity (Wildman–Crippen MR) is 67.4 cm³/mol. The van der Waals surface area contributed by atoms with E-state index in [0.717, 1.165) is 5.56 Å². The monoisotopic (exact) mass is 249 g/mol. The van der Waals surface area contributed by atoms with E-state index in [-0.39, 0.29) is 10.6 Å². The fraction of sp³-hybridized carbons (Fsp3) is 0.0769. The zero-order valence-corrected chi connectivity index (χ0v) is 9.91. The molecule has 2 aromatic rings. The van der Waals surface area contributed by atoms with Crippen LogP contribution in [0.1, 0.15) is 5.56 Å². The van der Waals surface area contributed by atoms with Crippen molar-refractivity contribution in [1.82, 2.24) is 0 Å². The van der Waals surface area contributed by atoms with Crippen molar-refractivity contribution in [2.75, 3.05) is 5.73 Å². The van der Waals surface area contributed by atoms with E-state index in [2.05, 4.69) is 0 Å². The molecule has 0 aliphatic carbocycles. The van der Waals surface area contributed by atoms with Gasteiger partial charge in [0.05, 0.1) is 21.4 Å². The summed E-state index contributed by atoms with van der Waals surface area (Å²) in [7, 11) is -1.38. The summed E-state index contributed by atoms with van der Waals surface area (Å²) >= 11 is 0. The van der Waals surface area contributed by atoms with Gasteiger partial charge in [0, 0.05) is 5.69 Å². The molecule has 0 amide bonds. The fourth-order valence-corrected chi connectivity index (χ4v) is 2.70. The maximum atomic E-state index is 13.4. The van der Waals surface area contributed by atoms with Crippen LogP contribution < -0.4 is 5.73 Å². The van der Waals surface area contributed by atoms with Gasteiger partial charge in [0.15, 0.2) is 0 Å². The first kappa shape index (κ1) is 11.8. The van der Waals surface area contributed by atoms with E-state index in [1.165, 1.54) is 12.1 Å². The quantitative estimate of drug-likeness (QED) is 0.850. The predicted octanol–water partition coefficient (Wildman–Crippen LogP) is 2.72. The summed E-state index contributed by atoms with van der Waals surface area (Å²) in [6, 6.07) is 13.2. The first-order valence-electron chi connectivity index (χ1n) is 5.14. The van der Waals surface area contributed by atoms with E-state index in [0.29, 0.717) is 5.69 Å². The van der Waals surface area contributed by atoms with E-state index >= 15 is 0 Å². The number of anilines is 1. The van der Waals surface area contributed by atoms with Crippen LogP contribution in [-0.4, -0.2) is 4.21 Å². The second-order valence-corrected chi connectivity index (χ2v) is 5.08. The van der Waals surface area contributed by atoms with Crippen molar-refractivity contribution in [3.63, 3.8) is 0 Å². The van der Waals surface area contributed by atoms with Crippen LogP contribution in [0.2, 0.25) is 0 Å². The standard InChI is InChI=1S/C13H12FNOS/c14-12-6-1-2-7-13(12)17(16)9-10-4-3-5-11(15)8-10/h1-8H,9,15H2. The molecule has 1 atom stereocenters. The number of halogens is 1. The zero-order valence-electron chi connectivity index (χ0n) is 9.10. The molecule has 1 unspecified atom stereocenters. The number of hydrogen-bond donors (Lipinski definition) is 1. The van der Waals surface area contributed by atoms with Crippen molar-refractivity contribution in [3.05, 3.63) is 59.9 Å². The first-order valence-corrected chi connectivity index (χ1v) is 6.46. The molecule has 0 bridgehead atoms. The Morgan fingerprint density at radius 1 is 1.12 bits per heavy atom. The highest BCUT2D eigenvalue weighted by Gasteiger charge is 2.09. The number of benzene rings is 2. The van der Waals surface area contributed by atoms with Crippen LogP contribution in [-0.2, 0) is 16.6 Å². The van der Waals surface area contributed by atoms with Crippen LogP contribution in [0.15, 0.2) is 53.4 Å². The van der Waals surface area contributed by atoms with Gasteiger partial charge in [0.25, 0.3) is 0 Å². The number of rotatable bonds is 3. The molecule has 0 aromatic heterocycles. The Bertz CT molecular complexity index is 557. The molecule has 0 saturated carbocycles. The lowest BCUT2D eigenvalue weighted by Gasteiger charge is -2.04. The SMILES string of the molecule is Nc1cccc(CS(=O)c2ccccc2F)c1. The highest BCUT2D eigenvalue weighted by Crippen LogP contribution is 2.16. The minimum Gasteiger partial charge on any atom is -0.399 e. The van der Waals surface area contributed by atoms with Gasteiger partial charge in [-0.05, 0) is 29.8 Å². The molecule has 0 saturated heterocycles. The van der Waals surface area contributed by atoms with Gasteiger partial charge in [-0.25, -0.2) is 4.39 Å². The summed E-state index contributed by atoms with van der Waals surface area (Å²) in [5, 5.41) is 0. The van der Waals surface area contributed by atoms with E-state index in [1.54, 1.807) is 30.3 Å². The third-order valence-electron chi connectivity index (χ3n) is 2.33. The lowest BCUT2D eigenvalue weighted by atomic mass is 10.2. The van der Waals surface area contributed by atoms with Crippen molar-refractivity contribution in [2.24, 2.45) is 0 Å². The van der Waals surface area contributed by atoms with Crippen LogP contribution >= 0.6 is 0 Å². The molecule has 88 valence electrons. The van der Waals surface area contributed by atoms with E-state index in [9.17, 15) is 8.60 Å². The molecular weight excluding hydrogens is 237 g/mol. The summed E-state index contributed by atoms with van der Waals surface area (Å²) in [5.74, 6) is -0.166. The summed E-state index contributed by atoms with van der Waals surface area (Å²) in [5.41, 5.74) is 7.09. The van der Waals surface area contributed by atoms with Gasteiger partial charge in [0.1, 0.15) is 5.82 Å². The topological polar surface area (TPSA) is 43.1 Å². The smallest absolute Gasteiger partial charge is 0.139 e. The molecular formula is C13H12FNOS. The minimum atomic E-state index is -1.38. The van der Waals surface area contributed by atoms with Crippen molar-refractivity contribution in [3.8, 4) is 0 Å². The molecule has 2 aromatic carbocycles. The Kier molecular flexibility index (Phi) is 3.54. The average molecular weight is 249 g/mol. The molecule has 2 rings (SSSR count). The molecule has 4 heteroatoms. The van der Waals surface area contributed by atoms with Gasteiger partial charge in [-0.3, -0.25) is 4.21 Å². The van der Waals surface area contributed by atoms with Crippen LogP contribution in [0.3, 0.4) is 0 Å². The lowest BCUT2D eigenvalue weighted by molar-refractivity contribution is 0.595. The van der Waals surface area contributed by atoms with Gasteiger partial charge >= 0.3 is 0 Å². The Morgan fingerprint density at radius 3 is 2.59 bits per heavy atom. The molecule has 17 heavy (non-hydrogen) atoms. The fourth-order valence-electron chi connectivity index (χ4n) is 1.54. The summed E-state index contributed by atoms with van der Waals surface area (Å²) in [6.07, 6.45) is 0. The van der Waals surface area contributed by atoms with Crippen LogP contribution in [0.4, 0.5) is 10.1 Å². The maximum Gasteiger partial charge on any atom is 0.139 e. The number of hydrogen-bond acceptors (Lipinski definition) is 2. The van der Waals surface area contributed by atoms with Gasteiger partial charge in [-0.2, -0.15) is 0 Å². The van der Waals surface area contributed by atoms with Crippen LogP contribution in [0.25, 0.3) is 0 Å². The Labute approximate surface area is 102 Å². The van der Waals surface area contributed by atoms with E-state index in [4.69, 9.17) is 5.73 Å². The third-order valence-corrected chi connectivity index (χ3v) is 3.75. The van der Waals surface area contributed by atoms with E-state index in [1.807, 2.05) is 6.07 Å². The van der Waals surface area contributed by atoms with Gasteiger partial charge in [-0.15, -0.1) is 0 Å². The molecule has 2 nitrogen and oxygen atoms in total. The molecule has 0 aliphatic rings. The molecule has 0 spiro atoms. The van der Waals surface area contributed by atoms with Crippen molar-refractivity contribution in [2.45, 2.75) is 10.6 Å². The van der Waals surface area contributed by atoms with Gasteiger partial charge in [-0.1, -0.05) is 24.3 Å². The summed E-state index contributed by atoms with van der Waals surface area (Å²) in [6.45, 7) is 0. The highest BCUT2D eigenvalue weighted by molar-refractivity contribution is 7.84. The van der Waals surface area contributed by atoms with Crippen LogP contribution in [0, 0.1) is 5.82 Å². The summed E-state index contributed by atoms with van der Waals surface area (Å²) < 4.78 is 25.4. The van der Waals surface area contributed by atoms with Crippen molar-refractivity contribution < 1.29 is 8.60 Å². The second-order valence-electron chi connectivity index (χ2n) is 3.67. The molecule has 0 aliphatic heterocycles. The lowest BCUT2D eigenvalue weighted by Crippen LogP contribution is -1.99. The normalized spacial score (nSPS) is 12.3.